The van der Waals surface area contributed by atoms with Crippen molar-refractivity contribution in [2.75, 3.05) is 33.0 Å². The number of non-ortho nitro benzene ring substituents is 1. The standard InChI is InChI=1S/C23H26N2O8/c1-23(2,3)33-19(26)9-11-31-13-14-32-12-10-24-21(27)16-6-4-5-15-18(25(29)30)8-7-17(20(15)16)22(24)28/h4-8H,9-14H2,1-3H3. The van der Waals surface area contributed by atoms with E-state index in [-0.39, 0.29) is 67.6 Å². The van der Waals surface area contributed by atoms with E-state index < -0.39 is 22.3 Å². The first-order valence-electron chi connectivity index (χ1n) is 10.5. The van der Waals surface area contributed by atoms with Crippen molar-refractivity contribution in [2.24, 2.45) is 0 Å². The van der Waals surface area contributed by atoms with Gasteiger partial charge in [-0.2, -0.15) is 0 Å². The summed E-state index contributed by atoms with van der Waals surface area (Å²) in [5.74, 6) is -1.38. The highest BCUT2D eigenvalue weighted by Gasteiger charge is 2.34. The molecule has 0 saturated carbocycles. The maximum Gasteiger partial charge on any atom is 0.308 e. The van der Waals surface area contributed by atoms with Crippen LogP contribution >= 0.6 is 0 Å². The molecule has 176 valence electrons. The summed E-state index contributed by atoms with van der Waals surface area (Å²) in [6, 6.07) is 7.30. The fourth-order valence-electron chi connectivity index (χ4n) is 3.52. The van der Waals surface area contributed by atoms with E-state index in [9.17, 15) is 24.5 Å². The Morgan fingerprint density at radius 2 is 1.61 bits per heavy atom. The number of carbonyl (C=O) groups excluding carboxylic acids is 3. The van der Waals surface area contributed by atoms with Crippen molar-refractivity contribution in [3.8, 4) is 0 Å². The Kier molecular flexibility index (Phi) is 7.39. The maximum atomic E-state index is 12.9. The number of nitro benzene ring substituents is 1. The van der Waals surface area contributed by atoms with Gasteiger partial charge in [0, 0.05) is 22.6 Å². The Bertz CT molecular complexity index is 1070. The number of nitro groups is 1. The van der Waals surface area contributed by atoms with E-state index in [4.69, 9.17) is 14.2 Å². The van der Waals surface area contributed by atoms with Crippen LogP contribution in [0.4, 0.5) is 5.69 Å². The minimum absolute atomic E-state index is 0.0301. The molecule has 2 aromatic rings. The normalized spacial score (nSPS) is 13.5. The molecule has 2 amide bonds. The van der Waals surface area contributed by atoms with Crippen LogP contribution in [0, 0.1) is 10.1 Å². The first-order chi connectivity index (χ1) is 15.6. The number of hydrogen-bond donors (Lipinski definition) is 0. The molecule has 0 saturated heterocycles. The number of amides is 2. The first kappa shape index (κ1) is 24.3. The third-order valence-electron chi connectivity index (χ3n) is 4.87. The monoisotopic (exact) mass is 458 g/mol. The zero-order valence-electron chi connectivity index (χ0n) is 18.8. The summed E-state index contributed by atoms with van der Waals surface area (Å²) in [5, 5.41) is 11.9. The SMILES string of the molecule is CC(C)(C)OC(=O)CCOCCOCCN1C(=O)c2cccc3c([N+](=O)[O-])ccc(c23)C1=O. The number of ether oxygens (including phenoxy) is 3. The van der Waals surface area contributed by atoms with Gasteiger partial charge in [-0.1, -0.05) is 6.07 Å². The number of imide groups is 1. The highest BCUT2D eigenvalue weighted by molar-refractivity contribution is 6.26. The Morgan fingerprint density at radius 3 is 2.24 bits per heavy atom. The third-order valence-corrected chi connectivity index (χ3v) is 4.87. The van der Waals surface area contributed by atoms with Crippen LogP contribution in [-0.2, 0) is 19.0 Å². The first-order valence-corrected chi connectivity index (χ1v) is 10.5. The van der Waals surface area contributed by atoms with Crippen LogP contribution in [-0.4, -0.2) is 66.2 Å². The van der Waals surface area contributed by atoms with Crippen molar-refractivity contribution in [3.05, 3.63) is 51.6 Å². The minimum atomic E-state index is -0.537. The second-order valence-corrected chi connectivity index (χ2v) is 8.44. The average Bonchev–Trinajstić information content (AvgIpc) is 2.74. The lowest BCUT2D eigenvalue weighted by Crippen LogP contribution is -2.42. The van der Waals surface area contributed by atoms with E-state index in [1.54, 1.807) is 32.9 Å². The van der Waals surface area contributed by atoms with Crippen LogP contribution in [0.5, 0.6) is 0 Å². The number of benzene rings is 2. The Morgan fingerprint density at radius 1 is 0.970 bits per heavy atom. The molecule has 0 bridgehead atoms. The van der Waals surface area contributed by atoms with Crippen molar-refractivity contribution >= 4 is 34.2 Å². The van der Waals surface area contributed by atoms with Crippen LogP contribution in [0.15, 0.2) is 30.3 Å². The molecule has 10 nitrogen and oxygen atoms in total. The Balaban J connectivity index is 1.50. The molecule has 0 atom stereocenters. The van der Waals surface area contributed by atoms with Crippen LogP contribution < -0.4 is 0 Å². The molecule has 1 heterocycles. The number of carbonyl (C=O) groups is 3. The van der Waals surface area contributed by atoms with Gasteiger partial charge in [0.25, 0.3) is 17.5 Å². The third kappa shape index (κ3) is 5.71. The summed E-state index contributed by atoms with van der Waals surface area (Å²) in [5.41, 5.74) is -0.197. The van der Waals surface area contributed by atoms with Gasteiger partial charge in [0.1, 0.15) is 5.60 Å². The molecule has 0 unspecified atom stereocenters. The summed E-state index contributed by atoms with van der Waals surface area (Å²) in [6.07, 6.45) is 0.136. The van der Waals surface area contributed by atoms with Gasteiger partial charge in [0.2, 0.25) is 0 Å². The van der Waals surface area contributed by atoms with Crippen molar-refractivity contribution in [1.29, 1.82) is 0 Å². The highest BCUT2D eigenvalue weighted by atomic mass is 16.6. The molecule has 0 aliphatic carbocycles. The molecule has 0 radical (unpaired) electrons. The second kappa shape index (κ2) is 10.1. The Labute approximate surface area is 190 Å². The van der Waals surface area contributed by atoms with Crippen LogP contribution in [0.1, 0.15) is 47.9 Å². The predicted molar refractivity (Wildman–Crippen MR) is 118 cm³/mol. The van der Waals surface area contributed by atoms with Crippen molar-refractivity contribution in [3.63, 3.8) is 0 Å². The zero-order valence-corrected chi connectivity index (χ0v) is 18.8. The summed E-state index contributed by atoms with van der Waals surface area (Å²) in [4.78, 5) is 49.2. The molecule has 2 aromatic carbocycles. The van der Waals surface area contributed by atoms with Gasteiger partial charge < -0.3 is 14.2 Å². The van der Waals surface area contributed by atoms with Crippen molar-refractivity contribution in [2.45, 2.75) is 32.8 Å². The number of nitrogens with zero attached hydrogens (tertiary/aromatic N) is 2. The minimum Gasteiger partial charge on any atom is -0.460 e. The topological polar surface area (TPSA) is 125 Å². The van der Waals surface area contributed by atoms with Crippen LogP contribution in [0.3, 0.4) is 0 Å². The number of esters is 1. The lowest BCUT2D eigenvalue weighted by atomic mass is 9.93. The molecule has 3 rings (SSSR count). The quantitative estimate of drug-likeness (QED) is 0.175. The molecule has 0 fully saturated rings. The van der Waals surface area contributed by atoms with E-state index in [2.05, 4.69) is 0 Å². The van der Waals surface area contributed by atoms with E-state index >= 15 is 0 Å². The lowest BCUT2D eigenvalue weighted by Gasteiger charge is -2.27. The van der Waals surface area contributed by atoms with Gasteiger partial charge in [-0.25, -0.2) is 0 Å². The molecule has 0 aromatic heterocycles. The molecule has 0 spiro atoms. The fraction of sp³-hybridized carbons (Fsp3) is 0.435. The predicted octanol–water partition coefficient (Wildman–Crippen LogP) is 3.11. The maximum absolute atomic E-state index is 12.9. The van der Waals surface area contributed by atoms with Crippen LogP contribution in [0.2, 0.25) is 0 Å². The van der Waals surface area contributed by atoms with Gasteiger partial charge in [0.05, 0.1) is 49.7 Å². The highest BCUT2D eigenvalue weighted by Crippen LogP contribution is 2.35. The summed E-state index contributed by atoms with van der Waals surface area (Å²) in [6.45, 7) is 6.18. The summed E-state index contributed by atoms with van der Waals surface area (Å²) < 4.78 is 16.0. The van der Waals surface area contributed by atoms with E-state index in [1.165, 1.54) is 18.2 Å². The van der Waals surface area contributed by atoms with E-state index in [1.807, 2.05) is 0 Å². The summed E-state index contributed by atoms with van der Waals surface area (Å²) in [7, 11) is 0. The largest absolute Gasteiger partial charge is 0.460 e. The van der Waals surface area contributed by atoms with Gasteiger partial charge in [0.15, 0.2) is 0 Å². The molecule has 10 heteroatoms. The van der Waals surface area contributed by atoms with E-state index in [0.29, 0.717) is 5.39 Å². The van der Waals surface area contributed by atoms with Crippen LogP contribution in [0.25, 0.3) is 10.8 Å². The van der Waals surface area contributed by atoms with Gasteiger partial charge in [-0.15, -0.1) is 0 Å². The average molecular weight is 458 g/mol. The molecule has 1 aliphatic heterocycles. The smallest absolute Gasteiger partial charge is 0.308 e. The summed E-state index contributed by atoms with van der Waals surface area (Å²) >= 11 is 0. The Hall–Kier alpha value is -3.37. The zero-order chi connectivity index (χ0) is 24.2. The van der Waals surface area contributed by atoms with E-state index in [0.717, 1.165) is 4.90 Å². The molecule has 33 heavy (non-hydrogen) atoms. The number of hydrogen-bond acceptors (Lipinski definition) is 8. The van der Waals surface area contributed by atoms with Gasteiger partial charge in [-0.05, 0) is 39.0 Å². The molecule has 1 aliphatic rings. The van der Waals surface area contributed by atoms with Crippen molar-refractivity contribution < 1.29 is 33.5 Å². The van der Waals surface area contributed by atoms with Gasteiger partial charge in [-0.3, -0.25) is 29.4 Å². The number of rotatable bonds is 10. The molecule has 0 N–H and O–H groups in total. The molecular formula is C23H26N2O8. The second-order valence-electron chi connectivity index (χ2n) is 8.44. The fourth-order valence-corrected chi connectivity index (χ4v) is 3.52. The lowest BCUT2D eigenvalue weighted by molar-refractivity contribution is -0.383. The molecular weight excluding hydrogens is 432 g/mol. The van der Waals surface area contributed by atoms with Gasteiger partial charge >= 0.3 is 5.97 Å². The van der Waals surface area contributed by atoms with Crippen molar-refractivity contribution in [1.82, 2.24) is 4.90 Å².